The highest BCUT2D eigenvalue weighted by molar-refractivity contribution is 8.13. The number of hydrogen-bond donors (Lipinski definition) is 0. The van der Waals surface area contributed by atoms with Gasteiger partial charge in [0.1, 0.15) is 12.4 Å². The van der Waals surface area contributed by atoms with Crippen molar-refractivity contribution in [2.45, 2.75) is 4.90 Å². The third kappa shape index (κ3) is 5.38. The van der Waals surface area contributed by atoms with Gasteiger partial charge in [0, 0.05) is 23.0 Å². The maximum Gasteiger partial charge on any atom is 0.261 e. The highest BCUT2D eigenvalue weighted by atomic mass is 35.7. The largest absolute Gasteiger partial charge is 0.492 e. The predicted molar refractivity (Wildman–Crippen MR) is 64.7 cm³/mol. The molecule has 0 saturated heterocycles. The van der Waals surface area contributed by atoms with Crippen molar-refractivity contribution in [3.63, 3.8) is 0 Å². The second kappa shape index (κ2) is 5.24. The molecule has 0 saturated carbocycles. The first-order valence-corrected chi connectivity index (χ1v) is 8.91. The Balaban J connectivity index is 2.74. The van der Waals surface area contributed by atoms with Crippen LogP contribution in [0.25, 0.3) is 0 Å². The van der Waals surface area contributed by atoms with E-state index in [1.807, 2.05) is 0 Å². The van der Waals surface area contributed by atoms with E-state index in [1.165, 1.54) is 24.3 Å². The minimum atomic E-state index is -3.80. The van der Waals surface area contributed by atoms with Crippen LogP contribution in [0.3, 0.4) is 0 Å². The molecule has 0 bridgehead atoms. The Morgan fingerprint density at radius 2 is 1.88 bits per heavy atom. The van der Waals surface area contributed by atoms with Crippen LogP contribution in [-0.4, -0.2) is 35.5 Å². The first-order chi connectivity index (χ1) is 7.68. The zero-order valence-electron chi connectivity index (χ0n) is 8.96. The van der Waals surface area contributed by atoms with Crippen LogP contribution in [0, 0.1) is 0 Å². The maximum absolute atomic E-state index is 11.0. The molecule has 0 atom stereocenters. The molecule has 0 heterocycles. The molecule has 0 spiro atoms. The number of ether oxygens (including phenoxy) is 1. The summed E-state index contributed by atoms with van der Waals surface area (Å²) in [7, 11) is -1.75. The van der Waals surface area contributed by atoms with Crippen LogP contribution in [0.2, 0.25) is 0 Å². The molecule has 0 fully saturated rings. The van der Waals surface area contributed by atoms with E-state index in [4.69, 9.17) is 15.4 Å². The Morgan fingerprint density at radius 3 is 2.41 bits per heavy atom. The highest BCUT2D eigenvalue weighted by Crippen LogP contribution is 2.20. The molecule has 96 valence electrons. The van der Waals surface area contributed by atoms with Crippen LogP contribution >= 0.6 is 10.7 Å². The van der Waals surface area contributed by atoms with Crippen LogP contribution < -0.4 is 4.74 Å². The van der Waals surface area contributed by atoms with Crippen LogP contribution in [0.5, 0.6) is 5.75 Å². The summed E-state index contributed by atoms with van der Waals surface area (Å²) in [5.74, 6) is 0.126. The Kier molecular flexibility index (Phi) is 4.40. The van der Waals surface area contributed by atoms with E-state index in [0.717, 1.165) is 6.26 Å². The summed E-state index contributed by atoms with van der Waals surface area (Å²) in [5.41, 5.74) is 0. The van der Waals surface area contributed by atoms with Crippen molar-refractivity contribution in [1.29, 1.82) is 0 Å². The molecule has 0 unspecified atom stereocenters. The maximum atomic E-state index is 11.0. The van der Waals surface area contributed by atoms with Gasteiger partial charge in [-0.1, -0.05) is 6.07 Å². The Bertz CT molecular complexity index is 592. The normalized spacial score (nSPS) is 12.4. The number of sulfone groups is 1. The van der Waals surface area contributed by atoms with Gasteiger partial charge in [-0.15, -0.1) is 0 Å². The van der Waals surface area contributed by atoms with Gasteiger partial charge < -0.3 is 4.74 Å². The molecule has 0 N–H and O–H groups in total. The summed E-state index contributed by atoms with van der Waals surface area (Å²) < 4.78 is 48.9. The van der Waals surface area contributed by atoms with E-state index in [1.54, 1.807) is 0 Å². The first kappa shape index (κ1) is 14.3. The van der Waals surface area contributed by atoms with Crippen molar-refractivity contribution in [1.82, 2.24) is 0 Å². The van der Waals surface area contributed by atoms with Crippen molar-refractivity contribution in [3.05, 3.63) is 24.3 Å². The predicted octanol–water partition coefficient (Wildman–Crippen LogP) is 1.04. The van der Waals surface area contributed by atoms with Crippen LogP contribution in [0.4, 0.5) is 0 Å². The van der Waals surface area contributed by atoms with E-state index in [2.05, 4.69) is 0 Å². The molecule has 1 aromatic rings. The number of rotatable bonds is 5. The molecule has 17 heavy (non-hydrogen) atoms. The number of hydrogen-bond acceptors (Lipinski definition) is 5. The lowest BCUT2D eigenvalue weighted by Crippen LogP contribution is -2.12. The van der Waals surface area contributed by atoms with E-state index in [0.29, 0.717) is 0 Å². The minimum absolute atomic E-state index is 0.0371. The molecule has 0 radical (unpaired) electrons. The molecule has 1 rings (SSSR count). The Hall–Kier alpha value is -0.790. The van der Waals surface area contributed by atoms with E-state index < -0.39 is 18.9 Å². The lowest BCUT2D eigenvalue weighted by molar-refractivity contribution is 0.340. The fourth-order valence-electron chi connectivity index (χ4n) is 1.03. The van der Waals surface area contributed by atoms with Gasteiger partial charge in [0.2, 0.25) is 0 Å². The van der Waals surface area contributed by atoms with Gasteiger partial charge in [0.05, 0.1) is 10.6 Å². The molecular weight excluding hydrogens is 288 g/mol. The van der Waals surface area contributed by atoms with Crippen molar-refractivity contribution in [3.8, 4) is 5.75 Å². The fourth-order valence-corrected chi connectivity index (χ4v) is 2.20. The smallest absolute Gasteiger partial charge is 0.261 e. The second-order valence-corrected chi connectivity index (χ2v) is 8.22. The van der Waals surface area contributed by atoms with Gasteiger partial charge in [0.15, 0.2) is 9.84 Å². The van der Waals surface area contributed by atoms with E-state index in [9.17, 15) is 16.8 Å². The zero-order chi connectivity index (χ0) is 13.1. The van der Waals surface area contributed by atoms with E-state index >= 15 is 0 Å². The van der Waals surface area contributed by atoms with Crippen LogP contribution in [0.1, 0.15) is 0 Å². The van der Waals surface area contributed by atoms with Crippen molar-refractivity contribution in [2.75, 3.05) is 18.6 Å². The lowest BCUT2D eigenvalue weighted by atomic mass is 10.3. The lowest BCUT2D eigenvalue weighted by Gasteiger charge is -2.06. The molecule has 0 amide bonds. The topological polar surface area (TPSA) is 77.5 Å². The summed E-state index contributed by atoms with van der Waals surface area (Å²) in [6.07, 6.45) is 1.09. The molecular formula is C9H11ClO5S2. The summed E-state index contributed by atoms with van der Waals surface area (Å²) in [6.45, 7) is -0.0371. The van der Waals surface area contributed by atoms with Gasteiger partial charge >= 0.3 is 0 Å². The monoisotopic (exact) mass is 298 g/mol. The molecule has 0 aromatic heterocycles. The van der Waals surface area contributed by atoms with Crippen LogP contribution in [-0.2, 0) is 18.9 Å². The third-order valence-corrected chi connectivity index (χ3v) is 4.07. The molecule has 0 aliphatic carbocycles. The van der Waals surface area contributed by atoms with Gasteiger partial charge in [-0.05, 0) is 12.1 Å². The third-order valence-electron chi connectivity index (χ3n) is 1.81. The SMILES string of the molecule is CS(=O)(=O)CCOc1cccc(S(=O)(=O)Cl)c1. The highest BCUT2D eigenvalue weighted by Gasteiger charge is 2.10. The van der Waals surface area contributed by atoms with E-state index in [-0.39, 0.29) is 23.0 Å². The summed E-state index contributed by atoms with van der Waals surface area (Å²) in [5, 5.41) is 0. The zero-order valence-corrected chi connectivity index (χ0v) is 11.3. The Labute approximate surface area is 105 Å². The average Bonchev–Trinajstić information content (AvgIpc) is 2.15. The number of benzene rings is 1. The van der Waals surface area contributed by atoms with Crippen molar-refractivity contribution < 1.29 is 21.6 Å². The fraction of sp³-hybridized carbons (Fsp3) is 0.333. The first-order valence-electron chi connectivity index (χ1n) is 4.54. The summed E-state index contributed by atoms with van der Waals surface area (Å²) >= 11 is 0. The number of halogens is 1. The van der Waals surface area contributed by atoms with Crippen molar-refractivity contribution >= 4 is 29.6 Å². The standard InChI is InChI=1S/C9H11ClO5S2/c1-16(11,12)6-5-15-8-3-2-4-9(7-8)17(10,13)14/h2-4,7H,5-6H2,1H3. The van der Waals surface area contributed by atoms with Gasteiger partial charge in [0.25, 0.3) is 9.05 Å². The summed E-state index contributed by atoms with van der Waals surface area (Å²) in [6, 6.07) is 5.55. The minimum Gasteiger partial charge on any atom is -0.492 e. The molecule has 0 aliphatic rings. The van der Waals surface area contributed by atoms with Gasteiger partial charge in [-0.3, -0.25) is 0 Å². The van der Waals surface area contributed by atoms with Crippen molar-refractivity contribution in [2.24, 2.45) is 0 Å². The summed E-state index contributed by atoms with van der Waals surface area (Å²) in [4.78, 5) is -0.0870. The molecule has 1 aromatic carbocycles. The van der Waals surface area contributed by atoms with Gasteiger partial charge in [-0.25, -0.2) is 16.8 Å². The average molecular weight is 299 g/mol. The molecule has 5 nitrogen and oxygen atoms in total. The van der Waals surface area contributed by atoms with Gasteiger partial charge in [-0.2, -0.15) is 0 Å². The second-order valence-electron chi connectivity index (χ2n) is 3.39. The molecule has 8 heteroatoms. The Morgan fingerprint density at radius 1 is 1.24 bits per heavy atom. The molecule has 0 aliphatic heterocycles. The van der Waals surface area contributed by atoms with Crippen LogP contribution in [0.15, 0.2) is 29.2 Å². The quantitative estimate of drug-likeness (QED) is 0.759.